The van der Waals surface area contributed by atoms with Gasteiger partial charge < -0.3 is 9.88 Å². The Morgan fingerprint density at radius 3 is 2.56 bits per heavy atom. The second-order valence-corrected chi connectivity index (χ2v) is 12.2. The number of benzene rings is 3. The van der Waals surface area contributed by atoms with Gasteiger partial charge in [-0.25, -0.2) is 13.8 Å². The van der Waals surface area contributed by atoms with Gasteiger partial charge in [-0.3, -0.25) is 4.79 Å². The van der Waals surface area contributed by atoms with Crippen LogP contribution in [0.15, 0.2) is 54.6 Å². The number of amides is 1. The molecule has 4 aromatic rings. The number of hydrogen-bond acceptors (Lipinski definition) is 3. The number of aromatic nitrogens is 2. The van der Waals surface area contributed by atoms with Crippen LogP contribution in [0.3, 0.4) is 0 Å². The Morgan fingerprint density at radius 1 is 1.05 bits per heavy atom. The molecule has 1 N–H and O–H groups in total. The summed E-state index contributed by atoms with van der Waals surface area (Å²) in [6, 6.07) is 19.1. The first kappa shape index (κ1) is 30.4. The smallest absolute Gasteiger partial charge is 0.225 e. The van der Waals surface area contributed by atoms with Gasteiger partial charge in [-0.1, -0.05) is 38.1 Å². The van der Waals surface area contributed by atoms with Gasteiger partial charge in [0.25, 0.3) is 0 Å². The van der Waals surface area contributed by atoms with Crippen molar-refractivity contribution in [3.63, 3.8) is 0 Å². The SMILES string of the molecule is CCCN(Cc1cc(-c2ccc3nc(C)[nH]c3c2)ccc1C)C(=O)C(C)C1CCC(C#N)CC(c2ccc(F)c(F)c2)C1. The fourth-order valence-electron chi connectivity index (χ4n) is 6.64. The van der Waals surface area contributed by atoms with Crippen molar-refractivity contribution in [2.24, 2.45) is 17.8 Å². The zero-order chi connectivity index (χ0) is 30.7. The van der Waals surface area contributed by atoms with Crippen LogP contribution in [0, 0.1) is 54.6 Å². The highest BCUT2D eigenvalue weighted by Crippen LogP contribution is 2.41. The number of aromatic amines is 1. The van der Waals surface area contributed by atoms with Gasteiger partial charge in [0.1, 0.15) is 5.82 Å². The zero-order valence-electron chi connectivity index (χ0n) is 25.5. The number of imidazole rings is 1. The molecule has 0 bridgehead atoms. The van der Waals surface area contributed by atoms with Crippen LogP contribution in [0.2, 0.25) is 0 Å². The monoisotopic (exact) mass is 582 g/mol. The second-order valence-electron chi connectivity index (χ2n) is 12.2. The molecule has 1 amide bonds. The van der Waals surface area contributed by atoms with Crippen molar-refractivity contribution < 1.29 is 13.6 Å². The van der Waals surface area contributed by atoms with Crippen LogP contribution in [0.25, 0.3) is 22.2 Å². The molecule has 4 unspecified atom stereocenters. The first-order valence-electron chi connectivity index (χ1n) is 15.4. The first-order chi connectivity index (χ1) is 20.7. The van der Waals surface area contributed by atoms with E-state index in [1.807, 2.05) is 24.8 Å². The summed E-state index contributed by atoms with van der Waals surface area (Å²) in [7, 11) is 0. The topological polar surface area (TPSA) is 72.8 Å². The molecular formula is C36H40F2N4O. The van der Waals surface area contributed by atoms with Crippen LogP contribution in [0.1, 0.15) is 74.4 Å². The molecule has 224 valence electrons. The lowest BCUT2D eigenvalue weighted by Crippen LogP contribution is -2.38. The van der Waals surface area contributed by atoms with Crippen LogP contribution in [0.5, 0.6) is 0 Å². The first-order valence-corrected chi connectivity index (χ1v) is 15.4. The van der Waals surface area contributed by atoms with Crippen molar-refractivity contribution >= 4 is 16.9 Å². The molecule has 0 saturated heterocycles. The van der Waals surface area contributed by atoms with E-state index >= 15 is 0 Å². The molecule has 1 aromatic heterocycles. The number of halogens is 2. The minimum absolute atomic E-state index is 0.0420. The van der Waals surface area contributed by atoms with Crippen LogP contribution in [-0.2, 0) is 11.3 Å². The number of nitriles is 1. The lowest BCUT2D eigenvalue weighted by molar-refractivity contribution is -0.137. The van der Waals surface area contributed by atoms with Gasteiger partial charge in [0.2, 0.25) is 5.91 Å². The molecule has 0 aliphatic heterocycles. The molecule has 1 heterocycles. The fraction of sp³-hybridized carbons (Fsp3) is 0.417. The summed E-state index contributed by atoms with van der Waals surface area (Å²) in [5, 5.41) is 9.76. The minimum Gasteiger partial charge on any atom is -0.342 e. The summed E-state index contributed by atoms with van der Waals surface area (Å²) in [4.78, 5) is 23.9. The molecule has 1 fully saturated rings. The van der Waals surface area contributed by atoms with Crippen LogP contribution in [0.4, 0.5) is 8.78 Å². The van der Waals surface area contributed by atoms with E-state index in [0.29, 0.717) is 37.9 Å². The molecule has 0 radical (unpaired) electrons. The Bertz CT molecular complexity index is 1660. The van der Waals surface area contributed by atoms with Gasteiger partial charge in [0.05, 0.1) is 17.1 Å². The molecule has 0 spiro atoms. The van der Waals surface area contributed by atoms with E-state index in [1.54, 1.807) is 6.07 Å². The number of hydrogen-bond donors (Lipinski definition) is 1. The largest absolute Gasteiger partial charge is 0.342 e. The standard InChI is InChI=1S/C36H40F2N4O/c1-5-14-42(21-31-17-27(8-6-22(31)2)29-11-13-34-35(19-29)41-24(4)40-34)36(43)23(3)26-9-7-25(20-39)15-30(16-26)28-10-12-32(37)33(38)18-28/h6,8,10-13,17-19,23,25-26,30H,5,7,9,14-16,21H2,1-4H3,(H,40,41). The molecule has 4 atom stereocenters. The van der Waals surface area contributed by atoms with Gasteiger partial charge in [-0.2, -0.15) is 5.26 Å². The Labute approximate surface area is 252 Å². The zero-order valence-corrected chi connectivity index (χ0v) is 25.5. The molecule has 1 aliphatic rings. The van der Waals surface area contributed by atoms with E-state index in [-0.39, 0.29) is 29.6 Å². The summed E-state index contributed by atoms with van der Waals surface area (Å²) in [6.45, 7) is 9.27. The number of carbonyl (C=O) groups is 1. The quantitative estimate of drug-likeness (QED) is 0.211. The maximum atomic E-state index is 14.1. The van der Waals surface area contributed by atoms with E-state index in [4.69, 9.17) is 0 Å². The Balaban J connectivity index is 1.37. The lowest BCUT2D eigenvalue weighted by atomic mass is 9.80. The molecule has 1 aliphatic carbocycles. The fourth-order valence-corrected chi connectivity index (χ4v) is 6.64. The molecule has 7 heteroatoms. The molecular weight excluding hydrogens is 542 g/mol. The van der Waals surface area contributed by atoms with Gasteiger partial charge in [0.15, 0.2) is 11.6 Å². The highest BCUT2D eigenvalue weighted by molar-refractivity contribution is 5.82. The third-order valence-corrected chi connectivity index (χ3v) is 9.19. The highest BCUT2D eigenvalue weighted by atomic mass is 19.2. The predicted molar refractivity (Wildman–Crippen MR) is 166 cm³/mol. The Hall–Kier alpha value is -4.05. The lowest BCUT2D eigenvalue weighted by Gasteiger charge is -2.31. The molecule has 1 saturated carbocycles. The van der Waals surface area contributed by atoms with Crippen molar-refractivity contribution in [1.82, 2.24) is 14.9 Å². The number of rotatable bonds is 8. The summed E-state index contributed by atoms with van der Waals surface area (Å²) in [6.07, 6.45) is 3.56. The second kappa shape index (κ2) is 13.1. The Morgan fingerprint density at radius 2 is 1.81 bits per heavy atom. The number of H-pyrrole nitrogens is 1. The molecule has 43 heavy (non-hydrogen) atoms. The van der Waals surface area contributed by atoms with Crippen molar-refractivity contribution in [3.8, 4) is 17.2 Å². The third kappa shape index (κ3) is 6.80. The van der Waals surface area contributed by atoms with Crippen molar-refractivity contribution in [3.05, 3.63) is 88.7 Å². The van der Waals surface area contributed by atoms with E-state index < -0.39 is 11.6 Å². The maximum absolute atomic E-state index is 14.1. The number of aryl methyl sites for hydroxylation is 2. The summed E-state index contributed by atoms with van der Waals surface area (Å²) in [5.41, 5.74) is 7.06. The third-order valence-electron chi connectivity index (χ3n) is 9.19. The van der Waals surface area contributed by atoms with Crippen molar-refractivity contribution in [2.45, 2.75) is 72.3 Å². The predicted octanol–water partition coefficient (Wildman–Crippen LogP) is 8.61. The Kier molecular flexibility index (Phi) is 9.25. The summed E-state index contributed by atoms with van der Waals surface area (Å²) in [5.74, 6) is -1.25. The number of nitrogens with zero attached hydrogens (tertiary/aromatic N) is 3. The van der Waals surface area contributed by atoms with Gasteiger partial charge in [-0.05, 0) is 116 Å². The van der Waals surface area contributed by atoms with Crippen LogP contribution in [-0.4, -0.2) is 27.3 Å². The average Bonchev–Trinajstić information content (AvgIpc) is 3.23. The molecule has 5 nitrogen and oxygen atoms in total. The van der Waals surface area contributed by atoms with Crippen molar-refractivity contribution in [2.75, 3.05) is 6.54 Å². The number of nitrogens with one attached hydrogen (secondary N) is 1. The maximum Gasteiger partial charge on any atom is 0.225 e. The minimum atomic E-state index is -0.874. The van der Waals surface area contributed by atoms with Crippen molar-refractivity contribution in [1.29, 1.82) is 5.26 Å². The van der Waals surface area contributed by atoms with Gasteiger partial charge in [0, 0.05) is 24.9 Å². The molecule has 3 aromatic carbocycles. The van der Waals surface area contributed by atoms with E-state index in [9.17, 15) is 18.8 Å². The van der Waals surface area contributed by atoms with Crippen LogP contribution < -0.4 is 0 Å². The van der Waals surface area contributed by atoms with E-state index in [2.05, 4.69) is 60.2 Å². The highest BCUT2D eigenvalue weighted by Gasteiger charge is 2.34. The summed E-state index contributed by atoms with van der Waals surface area (Å²) < 4.78 is 27.8. The van der Waals surface area contributed by atoms with Gasteiger partial charge >= 0.3 is 0 Å². The number of fused-ring (bicyclic) bond motifs is 1. The van der Waals surface area contributed by atoms with E-state index in [0.717, 1.165) is 58.0 Å². The van der Waals surface area contributed by atoms with E-state index in [1.165, 1.54) is 6.07 Å². The molecule has 5 rings (SSSR count). The van der Waals surface area contributed by atoms with Crippen LogP contribution >= 0.6 is 0 Å². The average molecular weight is 583 g/mol. The summed E-state index contributed by atoms with van der Waals surface area (Å²) >= 11 is 0. The normalized spacial score (nSPS) is 19.5. The van der Waals surface area contributed by atoms with Gasteiger partial charge in [-0.15, -0.1) is 0 Å². The number of carbonyl (C=O) groups excluding carboxylic acids is 1.